The molecule has 0 saturated heterocycles. The first-order chi connectivity index (χ1) is 5.02. The topological polar surface area (TPSA) is 38.0 Å². The zero-order valence-electron chi connectivity index (χ0n) is 5.99. The minimum atomic E-state index is -4.27. The molecule has 0 aromatic rings. The molecular formula is C6H11F3N2. The summed E-state index contributed by atoms with van der Waals surface area (Å²) in [6, 6.07) is -1.62. The second kappa shape index (κ2) is 4.35. The molecule has 0 aromatic heterocycles. The lowest BCUT2D eigenvalue weighted by molar-refractivity contribution is -0.157. The van der Waals surface area contributed by atoms with Gasteiger partial charge in [0.1, 0.15) is 6.04 Å². The summed E-state index contributed by atoms with van der Waals surface area (Å²) < 4.78 is 35.6. The van der Waals surface area contributed by atoms with Crippen molar-refractivity contribution in [3.8, 4) is 0 Å². The molecule has 0 heterocycles. The Labute approximate surface area is 63.2 Å². The normalized spacial score (nSPS) is 14.5. The molecule has 11 heavy (non-hydrogen) atoms. The third-order valence-electron chi connectivity index (χ3n) is 1.26. The van der Waals surface area contributed by atoms with Gasteiger partial charge in [-0.3, -0.25) is 5.84 Å². The Hall–Kier alpha value is -0.550. The van der Waals surface area contributed by atoms with Crippen LogP contribution >= 0.6 is 0 Å². The predicted octanol–water partition coefficient (Wildman–Crippen LogP) is 1.35. The lowest BCUT2D eigenvalue weighted by Crippen LogP contribution is -2.45. The number of rotatable bonds is 4. The van der Waals surface area contributed by atoms with Crippen LogP contribution in [0.5, 0.6) is 0 Å². The first-order valence-corrected chi connectivity index (χ1v) is 3.16. The average molecular weight is 168 g/mol. The van der Waals surface area contributed by atoms with Gasteiger partial charge in [-0.25, -0.2) is 5.43 Å². The Balaban J connectivity index is 3.85. The summed E-state index contributed by atoms with van der Waals surface area (Å²) in [5.74, 6) is 4.70. The molecule has 0 aromatic carbocycles. The number of alkyl halides is 3. The van der Waals surface area contributed by atoms with Gasteiger partial charge in [0.15, 0.2) is 0 Å². The Morgan fingerprint density at radius 2 is 2.09 bits per heavy atom. The molecule has 0 aliphatic carbocycles. The largest absolute Gasteiger partial charge is 0.405 e. The molecule has 3 N–H and O–H groups in total. The minimum Gasteiger partial charge on any atom is -0.271 e. The van der Waals surface area contributed by atoms with Crippen molar-refractivity contribution in [1.29, 1.82) is 0 Å². The summed E-state index contributed by atoms with van der Waals surface area (Å²) in [6.45, 7) is 3.31. The van der Waals surface area contributed by atoms with Crippen molar-refractivity contribution in [2.24, 2.45) is 5.84 Å². The molecule has 5 heteroatoms. The zero-order chi connectivity index (χ0) is 8.91. The van der Waals surface area contributed by atoms with Gasteiger partial charge in [0.25, 0.3) is 0 Å². The number of halogens is 3. The summed E-state index contributed by atoms with van der Waals surface area (Å²) in [5.41, 5.74) is 1.70. The summed E-state index contributed by atoms with van der Waals surface area (Å²) in [4.78, 5) is 0. The molecule has 0 aliphatic rings. The number of hydrazine groups is 1. The highest BCUT2D eigenvalue weighted by Gasteiger charge is 2.37. The molecule has 66 valence electrons. The lowest BCUT2D eigenvalue weighted by Gasteiger charge is -2.17. The SMILES string of the molecule is C=CCCC(NN)C(F)(F)F. The van der Waals surface area contributed by atoms with Crippen LogP contribution in [0.1, 0.15) is 12.8 Å². The van der Waals surface area contributed by atoms with Gasteiger partial charge in [0, 0.05) is 0 Å². The highest BCUT2D eigenvalue weighted by Crippen LogP contribution is 2.22. The molecule has 0 rings (SSSR count). The Morgan fingerprint density at radius 1 is 1.55 bits per heavy atom. The third-order valence-corrected chi connectivity index (χ3v) is 1.26. The molecule has 0 amide bonds. The van der Waals surface area contributed by atoms with E-state index >= 15 is 0 Å². The van der Waals surface area contributed by atoms with Crippen LogP contribution in [-0.2, 0) is 0 Å². The smallest absolute Gasteiger partial charge is 0.271 e. The summed E-state index contributed by atoms with van der Waals surface area (Å²) in [7, 11) is 0. The van der Waals surface area contributed by atoms with Crippen LogP contribution in [0.2, 0.25) is 0 Å². The monoisotopic (exact) mass is 168 g/mol. The van der Waals surface area contributed by atoms with Gasteiger partial charge in [-0.15, -0.1) is 6.58 Å². The average Bonchev–Trinajstić information content (AvgIpc) is 1.87. The van der Waals surface area contributed by atoms with Crippen LogP contribution in [0.25, 0.3) is 0 Å². The van der Waals surface area contributed by atoms with Gasteiger partial charge in [-0.2, -0.15) is 13.2 Å². The second-order valence-corrected chi connectivity index (χ2v) is 2.13. The van der Waals surface area contributed by atoms with Crippen LogP contribution < -0.4 is 11.3 Å². The standard InChI is InChI=1S/C6H11F3N2/c1-2-3-4-5(11-10)6(7,8)9/h2,5,11H,1,3-4,10H2. The highest BCUT2D eigenvalue weighted by molar-refractivity contribution is 4.77. The minimum absolute atomic E-state index is 0.0660. The highest BCUT2D eigenvalue weighted by atomic mass is 19.4. The number of hydrogen-bond acceptors (Lipinski definition) is 2. The van der Waals surface area contributed by atoms with Crippen LogP contribution in [-0.4, -0.2) is 12.2 Å². The molecule has 0 fully saturated rings. The van der Waals surface area contributed by atoms with Gasteiger partial charge in [0.05, 0.1) is 0 Å². The van der Waals surface area contributed by atoms with Crippen LogP contribution in [0.3, 0.4) is 0 Å². The Kier molecular flexibility index (Phi) is 4.14. The van der Waals surface area contributed by atoms with Crippen LogP contribution in [0.15, 0.2) is 12.7 Å². The van der Waals surface area contributed by atoms with E-state index in [1.807, 2.05) is 0 Å². The molecule has 0 saturated carbocycles. The van der Waals surface area contributed by atoms with Crippen molar-refractivity contribution >= 4 is 0 Å². The first-order valence-electron chi connectivity index (χ1n) is 3.16. The van der Waals surface area contributed by atoms with E-state index in [1.54, 1.807) is 5.43 Å². The quantitative estimate of drug-likeness (QED) is 0.377. The van der Waals surface area contributed by atoms with Crippen molar-refractivity contribution in [3.63, 3.8) is 0 Å². The fraction of sp³-hybridized carbons (Fsp3) is 0.667. The van der Waals surface area contributed by atoms with Gasteiger partial charge < -0.3 is 0 Å². The lowest BCUT2D eigenvalue weighted by atomic mass is 10.1. The van der Waals surface area contributed by atoms with E-state index in [0.717, 1.165) is 0 Å². The predicted molar refractivity (Wildman–Crippen MR) is 36.6 cm³/mol. The zero-order valence-corrected chi connectivity index (χ0v) is 5.99. The van der Waals surface area contributed by atoms with Crippen molar-refractivity contribution in [2.45, 2.75) is 25.1 Å². The van der Waals surface area contributed by atoms with Crippen molar-refractivity contribution in [1.82, 2.24) is 5.43 Å². The third kappa shape index (κ3) is 4.00. The van der Waals surface area contributed by atoms with E-state index in [-0.39, 0.29) is 6.42 Å². The molecule has 1 atom stereocenters. The van der Waals surface area contributed by atoms with Crippen molar-refractivity contribution in [3.05, 3.63) is 12.7 Å². The van der Waals surface area contributed by atoms with Gasteiger partial charge in [0.2, 0.25) is 0 Å². The second-order valence-electron chi connectivity index (χ2n) is 2.13. The number of allylic oxidation sites excluding steroid dienone is 1. The molecular weight excluding hydrogens is 157 g/mol. The maximum absolute atomic E-state index is 11.9. The van der Waals surface area contributed by atoms with Gasteiger partial charge in [-0.1, -0.05) is 6.08 Å². The fourth-order valence-electron chi connectivity index (χ4n) is 0.626. The molecule has 0 aliphatic heterocycles. The van der Waals surface area contributed by atoms with E-state index in [9.17, 15) is 13.2 Å². The molecule has 0 bridgehead atoms. The van der Waals surface area contributed by atoms with E-state index < -0.39 is 12.2 Å². The maximum atomic E-state index is 11.9. The molecule has 0 spiro atoms. The van der Waals surface area contributed by atoms with E-state index in [4.69, 9.17) is 5.84 Å². The molecule has 1 unspecified atom stereocenters. The number of nitrogens with two attached hydrogens (primary N) is 1. The van der Waals surface area contributed by atoms with Gasteiger partial charge in [-0.05, 0) is 12.8 Å². The molecule has 2 nitrogen and oxygen atoms in total. The number of hydrogen-bond donors (Lipinski definition) is 2. The molecule has 0 radical (unpaired) electrons. The Bertz CT molecular complexity index is 121. The fourth-order valence-corrected chi connectivity index (χ4v) is 0.626. The number of nitrogens with one attached hydrogen (secondary N) is 1. The van der Waals surface area contributed by atoms with E-state index in [2.05, 4.69) is 6.58 Å². The van der Waals surface area contributed by atoms with Crippen molar-refractivity contribution < 1.29 is 13.2 Å². The van der Waals surface area contributed by atoms with E-state index in [1.165, 1.54) is 6.08 Å². The maximum Gasteiger partial charge on any atom is 0.405 e. The summed E-state index contributed by atoms with van der Waals surface area (Å²) in [6.07, 6.45) is -2.61. The Morgan fingerprint density at radius 3 is 2.36 bits per heavy atom. The summed E-state index contributed by atoms with van der Waals surface area (Å²) in [5, 5.41) is 0. The summed E-state index contributed by atoms with van der Waals surface area (Å²) >= 11 is 0. The van der Waals surface area contributed by atoms with Crippen LogP contribution in [0, 0.1) is 0 Å². The first kappa shape index (κ1) is 10.4. The van der Waals surface area contributed by atoms with Gasteiger partial charge >= 0.3 is 6.18 Å². The van der Waals surface area contributed by atoms with Crippen LogP contribution in [0.4, 0.5) is 13.2 Å². The van der Waals surface area contributed by atoms with Crippen molar-refractivity contribution in [2.75, 3.05) is 0 Å². The van der Waals surface area contributed by atoms with E-state index in [0.29, 0.717) is 6.42 Å².